The highest BCUT2D eigenvalue weighted by Gasteiger charge is 2.20. The molecule has 0 spiro atoms. The zero-order valence-corrected chi connectivity index (χ0v) is 19.5. The van der Waals surface area contributed by atoms with Gasteiger partial charge in [0.25, 0.3) is 0 Å². The van der Waals surface area contributed by atoms with Crippen molar-refractivity contribution in [3.05, 3.63) is 84.0 Å². The molecule has 1 aromatic carbocycles. The molecule has 182 valence electrons. The molecule has 2 aliphatic rings. The van der Waals surface area contributed by atoms with Gasteiger partial charge in [0.1, 0.15) is 11.6 Å². The molecule has 1 saturated heterocycles. The Hall–Kier alpha value is -4.18. The first-order valence-corrected chi connectivity index (χ1v) is 11.8. The Balaban J connectivity index is 1.17. The van der Waals surface area contributed by atoms with Crippen LogP contribution in [0.2, 0.25) is 0 Å². The highest BCUT2D eigenvalue weighted by molar-refractivity contribution is 5.70. The first-order valence-electron chi connectivity index (χ1n) is 11.8. The molecule has 0 unspecified atom stereocenters. The molecule has 0 amide bonds. The van der Waals surface area contributed by atoms with Crippen molar-refractivity contribution in [2.75, 3.05) is 36.8 Å². The van der Waals surface area contributed by atoms with Crippen LogP contribution < -0.4 is 10.6 Å². The number of benzene rings is 1. The van der Waals surface area contributed by atoms with Crippen molar-refractivity contribution in [3.8, 4) is 11.3 Å². The van der Waals surface area contributed by atoms with Crippen LogP contribution >= 0.6 is 0 Å². The topological polar surface area (TPSA) is 88.5 Å². The van der Waals surface area contributed by atoms with Gasteiger partial charge in [0.2, 0.25) is 5.95 Å². The van der Waals surface area contributed by atoms with Crippen LogP contribution in [0.15, 0.2) is 61.0 Å². The van der Waals surface area contributed by atoms with Crippen molar-refractivity contribution in [1.29, 1.82) is 0 Å². The maximum Gasteiger partial charge on any atom is 0.223 e. The molecule has 0 atom stereocenters. The highest BCUT2D eigenvalue weighted by Crippen LogP contribution is 2.25. The molecule has 0 radical (unpaired) electrons. The third-order valence-corrected chi connectivity index (χ3v) is 6.53. The van der Waals surface area contributed by atoms with E-state index in [4.69, 9.17) is 5.73 Å². The van der Waals surface area contributed by atoms with Gasteiger partial charge in [-0.2, -0.15) is 4.52 Å². The average Bonchev–Trinajstić information content (AvgIpc) is 3.55. The Labute approximate surface area is 206 Å². The summed E-state index contributed by atoms with van der Waals surface area (Å²) in [6, 6.07) is 7.65. The number of allylic oxidation sites excluding steroid dienone is 4. The number of anilines is 2. The van der Waals surface area contributed by atoms with Gasteiger partial charge in [-0.15, -0.1) is 5.10 Å². The fraction of sp³-hybridized carbons (Fsp3) is 0.231. The smallest absolute Gasteiger partial charge is 0.223 e. The van der Waals surface area contributed by atoms with Crippen molar-refractivity contribution in [2.45, 2.75) is 13.0 Å². The zero-order chi connectivity index (χ0) is 24.6. The van der Waals surface area contributed by atoms with Crippen LogP contribution in [0.25, 0.3) is 22.5 Å². The summed E-state index contributed by atoms with van der Waals surface area (Å²) in [6.07, 6.45) is 10.5. The molecule has 10 heteroatoms. The Bertz CT molecular complexity index is 1500. The highest BCUT2D eigenvalue weighted by atomic mass is 19.1. The number of aromatic nitrogens is 5. The van der Waals surface area contributed by atoms with Gasteiger partial charge in [0, 0.05) is 68.4 Å². The van der Waals surface area contributed by atoms with E-state index >= 15 is 0 Å². The molecule has 1 aliphatic carbocycles. The summed E-state index contributed by atoms with van der Waals surface area (Å²) >= 11 is 0. The Morgan fingerprint density at radius 1 is 0.972 bits per heavy atom. The van der Waals surface area contributed by atoms with Crippen LogP contribution in [0.1, 0.15) is 17.8 Å². The number of pyridine rings is 1. The molecule has 4 heterocycles. The molecule has 36 heavy (non-hydrogen) atoms. The Morgan fingerprint density at radius 3 is 2.61 bits per heavy atom. The lowest BCUT2D eigenvalue weighted by Crippen LogP contribution is -2.46. The molecule has 2 N–H and O–H groups in total. The summed E-state index contributed by atoms with van der Waals surface area (Å²) in [7, 11) is 0. The summed E-state index contributed by atoms with van der Waals surface area (Å²) in [5, 5.41) is 4.50. The minimum Gasteiger partial charge on any atom is -0.368 e. The lowest BCUT2D eigenvalue weighted by molar-refractivity contribution is 0.249. The summed E-state index contributed by atoms with van der Waals surface area (Å²) in [4.78, 5) is 17.8. The number of rotatable bonds is 5. The average molecular weight is 487 g/mol. The van der Waals surface area contributed by atoms with Crippen molar-refractivity contribution >= 4 is 22.9 Å². The van der Waals surface area contributed by atoms with E-state index in [1.54, 1.807) is 10.7 Å². The first-order chi connectivity index (χ1) is 17.5. The SMILES string of the molecule is Nc1nc(-c2cncc(CN3CCN(c4ccc(F)cc4F)CC3)c2)cc2nc(C3=CC=CC3)nn12. The molecule has 8 nitrogen and oxygen atoms in total. The first kappa shape index (κ1) is 22.3. The van der Waals surface area contributed by atoms with E-state index < -0.39 is 11.6 Å². The second kappa shape index (κ2) is 9.12. The molecule has 0 bridgehead atoms. The monoisotopic (exact) mass is 486 g/mol. The molecule has 1 fully saturated rings. The molecule has 4 aromatic rings. The molecular formula is C26H24F2N8. The van der Waals surface area contributed by atoms with E-state index in [1.165, 1.54) is 12.1 Å². The summed E-state index contributed by atoms with van der Waals surface area (Å²) in [5.41, 5.74) is 10.9. The van der Waals surface area contributed by atoms with Crippen LogP contribution in [-0.2, 0) is 6.54 Å². The summed E-state index contributed by atoms with van der Waals surface area (Å²) in [6.45, 7) is 3.53. The lowest BCUT2D eigenvalue weighted by Gasteiger charge is -2.36. The van der Waals surface area contributed by atoms with Crippen LogP contribution in [0.3, 0.4) is 0 Å². The zero-order valence-electron chi connectivity index (χ0n) is 19.5. The number of nitrogens with two attached hydrogens (primary N) is 1. The van der Waals surface area contributed by atoms with Crippen LogP contribution in [0, 0.1) is 11.6 Å². The second-order valence-electron chi connectivity index (χ2n) is 8.97. The van der Waals surface area contributed by atoms with Crippen LogP contribution in [0.4, 0.5) is 20.4 Å². The maximum absolute atomic E-state index is 14.2. The van der Waals surface area contributed by atoms with Crippen molar-refractivity contribution in [2.24, 2.45) is 0 Å². The van der Waals surface area contributed by atoms with Crippen molar-refractivity contribution in [1.82, 2.24) is 29.5 Å². The normalized spacial score (nSPS) is 16.2. The fourth-order valence-electron chi connectivity index (χ4n) is 4.67. The standard InChI is InChI=1S/C26H24F2N8/c27-20-5-6-23(21(28)12-20)35-9-7-34(8-10-35)16-17-11-19(15-30-14-17)22-13-24-32-25(18-3-1-2-4-18)33-36(24)26(29)31-22/h1-3,5-6,11-15H,4,7-10,16H2,(H2,29,31). The van der Waals surface area contributed by atoms with Gasteiger partial charge in [-0.05, 0) is 30.2 Å². The number of halogens is 2. The molecule has 6 rings (SSSR count). The largest absolute Gasteiger partial charge is 0.368 e. The van der Waals surface area contributed by atoms with E-state index in [9.17, 15) is 8.78 Å². The maximum atomic E-state index is 14.2. The number of nitrogen functional groups attached to an aromatic ring is 1. The molecule has 0 saturated carbocycles. The van der Waals surface area contributed by atoms with Crippen LogP contribution in [-0.4, -0.2) is 55.6 Å². The fourth-order valence-corrected chi connectivity index (χ4v) is 4.67. The number of hydrogen-bond acceptors (Lipinski definition) is 7. The van der Waals surface area contributed by atoms with Gasteiger partial charge >= 0.3 is 0 Å². The quantitative estimate of drug-likeness (QED) is 0.460. The van der Waals surface area contributed by atoms with E-state index in [0.29, 0.717) is 42.5 Å². The van der Waals surface area contributed by atoms with Gasteiger partial charge in [0.05, 0.1) is 11.4 Å². The van der Waals surface area contributed by atoms with Gasteiger partial charge in [0.15, 0.2) is 11.5 Å². The van der Waals surface area contributed by atoms with Crippen molar-refractivity contribution < 1.29 is 8.78 Å². The number of hydrogen-bond donors (Lipinski definition) is 1. The molecule has 1 aliphatic heterocycles. The van der Waals surface area contributed by atoms with Gasteiger partial charge < -0.3 is 10.6 Å². The summed E-state index contributed by atoms with van der Waals surface area (Å²) < 4.78 is 29.0. The predicted molar refractivity (Wildman–Crippen MR) is 134 cm³/mol. The van der Waals surface area contributed by atoms with E-state index in [-0.39, 0.29) is 5.95 Å². The van der Waals surface area contributed by atoms with Gasteiger partial charge in [-0.25, -0.2) is 18.7 Å². The minimum atomic E-state index is -0.564. The number of piperazine rings is 1. The lowest BCUT2D eigenvalue weighted by atomic mass is 10.1. The van der Waals surface area contributed by atoms with Gasteiger partial charge in [-0.1, -0.05) is 18.2 Å². The minimum absolute atomic E-state index is 0.266. The predicted octanol–water partition coefficient (Wildman–Crippen LogP) is 3.71. The molecule has 3 aromatic heterocycles. The second-order valence-corrected chi connectivity index (χ2v) is 8.97. The van der Waals surface area contributed by atoms with E-state index in [2.05, 4.69) is 37.1 Å². The van der Waals surface area contributed by atoms with Gasteiger partial charge in [-0.3, -0.25) is 9.88 Å². The summed E-state index contributed by atoms with van der Waals surface area (Å²) in [5.74, 6) is -0.175. The van der Waals surface area contributed by atoms with E-state index in [0.717, 1.165) is 42.3 Å². The van der Waals surface area contributed by atoms with Crippen molar-refractivity contribution in [3.63, 3.8) is 0 Å². The Morgan fingerprint density at radius 2 is 1.83 bits per heavy atom. The molecular weight excluding hydrogens is 462 g/mol. The van der Waals surface area contributed by atoms with Crippen LogP contribution in [0.5, 0.6) is 0 Å². The third kappa shape index (κ3) is 4.31. The van der Waals surface area contributed by atoms with E-state index in [1.807, 2.05) is 29.3 Å². The third-order valence-electron chi connectivity index (χ3n) is 6.53. The number of nitrogens with zero attached hydrogens (tertiary/aromatic N) is 7. The number of fused-ring (bicyclic) bond motifs is 1. The Kier molecular flexibility index (Phi) is 5.65.